The highest BCUT2D eigenvalue weighted by molar-refractivity contribution is 5.86. The second-order valence-electron chi connectivity index (χ2n) is 5.96. The van der Waals surface area contributed by atoms with Crippen LogP contribution in [0.5, 0.6) is 0 Å². The van der Waals surface area contributed by atoms with E-state index in [1.165, 1.54) is 21.9 Å². The lowest BCUT2D eigenvalue weighted by Gasteiger charge is -2.21. The third-order valence-corrected chi connectivity index (χ3v) is 4.29. The first-order valence-electron chi connectivity index (χ1n) is 8.16. The van der Waals surface area contributed by atoms with Crippen LogP contribution in [0.4, 0.5) is 0 Å². The minimum absolute atomic E-state index is 0.0542. The van der Waals surface area contributed by atoms with Crippen LogP contribution in [0.1, 0.15) is 18.1 Å². The quantitative estimate of drug-likeness (QED) is 0.744. The molecule has 1 saturated heterocycles. The van der Waals surface area contributed by atoms with Gasteiger partial charge in [0.05, 0.1) is 13.2 Å². The molecule has 0 aromatic heterocycles. The second-order valence-corrected chi connectivity index (χ2v) is 5.96. The van der Waals surface area contributed by atoms with Crippen LogP contribution in [0.3, 0.4) is 0 Å². The molecule has 2 unspecified atom stereocenters. The van der Waals surface area contributed by atoms with E-state index in [2.05, 4.69) is 72.8 Å². The Kier molecular flexibility index (Phi) is 4.10. The monoisotopic (exact) mass is 304 g/mol. The highest BCUT2D eigenvalue weighted by Gasteiger charge is 2.26. The molecule has 4 rings (SSSR count). The Morgan fingerprint density at radius 1 is 1.09 bits per heavy atom. The topological polar surface area (TPSA) is 21.8 Å². The van der Waals surface area contributed by atoms with Crippen molar-refractivity contribution in [1.29, 1.82) is 0 Å². The van der Waals surface area contributed by atoms with E-state index in [-0.39, 0.29) is 12.2 Å². The SMILES string of the molecule is C1=CCC=C(C(OCC2CO2)c2cccc3ccccc23)C=C1. The Morgan fingerprint density at radius 2 is 1.96 bits per heavy atom. The molecular formula is C21H20O2. The number of benzene rings is 2. The van der Waals surface area contributed by atoms with Crippen molar-refractivity contribution < 1.29 is 9.47 Å². The molecule has 2 heteroatoms. The van der Waals surface area contributed by atoms with Gasteiger partial charge in [-0.2, -0.15) is 0 Å². The van der Waals surface area contributed by atoms with Crippen molar-refractivity contribution in [3.63, 3.8) is 0 Å². The van der Waals surface area contributed by atoms with Crippen molar-refractivity contribution in [2.45, 2.75) is 18.6 Å². The molecule has 2 atom stereocenters. The molecule has 2 aromatic carbocycles. The van der Waals surface area contributed by atoms with Crippen LogP contribution in [-0.4, -0.2) is 19.3 Å². The lowest BCUT2D eigenvalue weighted by atomic mass is 9.95. The number of fused-ring (bicyclic) bond motifs is 1. The Hall–Kier alpha value is -2.16. The van der Waals surface area contributed by atoms with Crippen molar-refractivity contribution >= 4 is 10.8 Å². The summed E-state index contributed by atoms with van der Waals surface area (Å²) in [5, 5.41) is 2.50. The lowest BCUT2D eigenvalue weighted by Crippen LogP contribution is -2.11. The summed E-state index contributed by atoms with van der Waals surface area (Å²) in [7, 11) is 0. The van der Waals surface area contributed by atoms with E-state index in [0.29, 0.717) is 6.61 Å². The fraction of sp³-hybridized carbons (Fsp3) is 0.238. The first-order valence-corrected chi connectivity index (χ1v) is 8.16. The molecule has 1 aliphatic carbocycles. The van der Waals surface area contributed by atoms with E-state index in [1.54, 1.807) is 0 Å². The molecule has 1 heterocycles. The normalized spacial score (nSPS) is 21.0. The van der Waals surface area contributed by atoms with Gasteiger partial charge in [-0.15, -0.1) is 0 Å². The summed E-state index contributed by atoms with van der Waals surface area (Å²) in [6.45, 7) is 1.46. The van der Waals surface area contributed by atoms with Crippen molar-refractivity contribution in [2.75, 3.05) is 13.2 Å². The number of hydrogen-bond acceptors (Lipinski definition) is 2. The molecule has 1 aliphatic heterocycles. The van der Waals surface area contributed by atoms with Crippen molar-refractivity contribution in [2.24, 2.45) is 0 Å². The van der Waals surface area contributed by atoms with Gasteiger partial charge in [0.2, 0.25) is 0 Å². The average Bonchev–Trinajstić information content (AvgIpc) is 3.42. The van der Waals surface area contributed by atoms with Crippen LogP contribution < -0.4 is 0 Å². The maximum absolute atomic E-state index is 6.28. The lowest BCUT2D eigenvalue weighted by molar-refractivity contribution is 0.0675. The number of ether oxygens (including phenoxy) is 2. The standard InChI is InChI=1S/C21H20O2/c1-2-4-10-17(9-3-1)21(23-15-18-14-22-18)20-13-7-11-16-8-5-6-12-19(16)20/h1-3,5-13,18,21H,4,14-15H2. The van der Waals surface area contributed by atoms with Gasteiger partial charge in [0.25, 0.3) is 0 Å². The van der Waals surface area contributed by atoms with Crippen LogP contribution in [0.25, 0.3) is 10.8 Å². The summed E-state index contributed by atoms with van der Waals surface area (Å²) in [5.74, 6) is 0. The number of epoxide rings is 1. The van der Waals surface area contributed by atoms with Crippen LogP contribution in [0.2, 0.25) is 0 Å². The molecule has 23 heavy (non-hydrogen) atoms. The van der Waals surface area contributed by atoms with Gasteiger partial charge in [-0.1, -0.05) is 72.8 Å². The molecule has 0 bridgehead atoms. The molecular weight excluding hydrogens is 284 g/mol. The fourth-order valence-electron chi connectivity index (χ4n) is 3.00. The maximum Gasteiger partial charge on any atom is 0.108 e. The molecule has 0 spiro atoms. The molecule has 116 valence electrons. The predicted molar refractivity (Wildman–Crippen MR) is 93.4 cm³/mol. The third-order valence-electron chi connectivity index (χ3n) is 4.29. The Morgan fingerprint density at radius 3 is 2.87 bits per heavy atom. The van der Waals surface area contributed by atoms with Gasteiger partial charge in [0, 0.05) is 0 Å². The first-order chi connectivity index (χ1) is 11.4. The minimum Gasteiger partial charge on any atom is -0.371 e. The van der Waals surface area contributed by atoms with Crippen molar-refractivity contribution in [3.05, 3.63) is 84.0 Å². The summed E-state index contributed by atoms with van der Waals surface area (Å²) >= 11 is 0. The molecule has 0 N–H and O–H groups in total. The zero-order valence-corrected chi connectivity index (χ0v) is 13.0. The van der Waals surface area contributed by atoms with E-state index in [4.69, 9.17) is 9.47 Å². The fourth-order valence-corrected chi connectivity index (χ4v) is 3.00. The predicted octanol–water partition coefficient (Wildman–Crippen LogP) is 4.74. The molecule has 2 aliphatic rings. The Labute approximate surface area is 136 Å². The van der Waals surface area contributed by atoms with Crippen LogP contribution in [0, 0.1) is 0 Å². The molecule has 0 amide bonds. The Bertz CT molecular complexity index is 776. The molecule has 1 fully saturated rings. The maximum atomic E-state index is 6.28. The van der Waals surface area contributed by atoms with Gasteiger partial charge in [-0.05, 0) is 28.3 Å². The number of rotatable bonds is 5. The van der Waals surface area contributed by atoms with E-state index < -0.39 is 0 Å². The zero-order chi connectivity index (χ0) is 15.5. The summed E-state index contributed by atoms with van der Waals surface area (Å²) in [5.41, 5.74) is 2.44. The zero-order valence-electron chi connectivity index (χ0n) is 13.0. The van der Waals surface area contributed by atoms with Crippen LogP contribution in [-0.2, 0) is 9.47 Å². The van der Waals surface area contributed by atoms with Crippen LogP contribution in [0.15, 0.2) is 78.4 Å². The first kappa shape index (κ1) is 14.4. The number of allylic oxidation sites excluding steroid dienone is 4. The van der Waals surface area contributed by atoms with E-state index >= 15 is 0 Å². The van der Waals surface area contributed by atoms with Gasteiger partial charge in [-0.25, -0.2) is 0 Å². The highest BCUT2D eigenvalue weighted by Crippen LogP contribution is 2.34. The van der Waals surface area contributed by atoms with Gasteiger partial charge in [0.1, 0.15) is 12.2 Å². The molecule has 2 nitrogen and oxygen atoms in total. The highest BCUT2D eigenvalue weighted by atomic mass is 16.6. The smallest absolute Gasteiger partial charge is 0.108 e. The molecule has 0 radical (unpaired) electrons. The summed E-state index contributed by atoms with van der Waals surface area (Å²) in [6.07, 6.45) is 11.9. The average molecular weight is 304 g/mol. The van der Waals surface area contributed by atoms with E-state index in [1.807, 2.05) is 0 Å². The van der Waals surface area contributed by atoms with Crippen molar-refractivity contribution in [1.82, 2.24) is 0 Å². The van der Waals surface area contributed by atoms with Gasteiger partial charge >= 0.3 is 0 Å². The van der Waals surface area contributed by atoms with E-state index in [0.717, 1.165) is 13.0 Å². The van der Waals surface area contributed by atoms with Gasteiger partial charge in [-0.3, -0.25) is 0 Å². The third kappa shape index (κ3) is 3.29. The Balaban J connectivity index is 1.74. The van der Waals surface area contributed by atoms with Crippen LogP contribution >= 0.6 is 0 Å². The van der Waals surface area contributed by atoms with Gasteiger partial charge in [0.15, 0.2) is 0 Å². The summed E-state index contributed by atoms with van der Waals surface area (Å²) in [6, 6.07) is 14.9. The largest absolute Gasteiger partial charge is 0.371 e. The summed E-state index contributed by atoms with van der Waals surface area (Å²) in [4.78, 5) is 0. The summed E-state index contributed by atoms with van der Waals surface area (Å²) < 4.78 is 11.6. The second kappa shape index (κ2) is 6.53. The molecule has 0 saturated carbocycles. The van der Waals surface area contributed by atoms with Gasteiger partial charge < -0.3 is 9.47 Å². The minimum atomic E-state index is -0.0542. The number of hydrogen-bond donors (Lipinski definition) is 0. The van der Waals surface area contributed by atoms with Crippen molar-refractivity contribution in [3.8, 4) is 0 Å². The molecule has 2 aromatic rings. The van der Waals surface area contributed by atoms with E-state index in [9.17, 15) is 0 Å².